The lowest BCUT2D eigenvalue weighted by atomic mass is 10.1. The molecular weight excluding hydrogens is 253 g/mol. The molecule has 0 bridgehead atoms. The van der Waals surface area contributed by atoms with Crippen molar-refractivity contribution >= 4 is 5.65 Å². The van der Waals surface area contributed by atoms with Gasteiger partial charge in [-0.2, -0.15) is 0 Å². The van der Waals surface area contributed by atoms with Gasteiger partial charge in [0, 0.05) is 24.2 Å². The van der Waals surface area contributed by atoms with Crippen molar-refractivity contribution in [2.24, 2.45) is 5.92 Å². The van der Waals surface area contributed by atoms with Gasteiger partial charge in [0.2, 0.25) is 0 Å². The van der Waals surface area contributed by atoms with Crippen molar-refractivity contribution in [1.82, 2.24) is 14.4 Å². The van der Waals surface area contributed by atoms with Crippen LogP contribution in [0.3, 0.4) is 0 Å². The van der Waals surface area contributed by atoms with E-state index in [0.29, 0.717) is 5.92 Å². The van der Waals surface area contributed by atoms with E-state index in [0.717, 1.165) is 29.0 Å². The Kier molecular flexibility index (Phi) is 3.22. The van der Waals surface area contributed by atoms with E-state index >= 15 is 0 Å². The molecular formula is C16H16FN3. The molecule has 3 nitrogen and oxygen atoms in total. The summed E-state index contributed by atoms with van der Waals surface area (Å²) in [5.74, 6) is 0.291. The maximum Gasteiger partial charge on any atom is 0.159 e. The van der Waals surface area contributed by atoms with Crippen LogP contribution in [0.4, 0.5) is 4.39 Å². The molecule has 4 heteroatoms. The van der Waals surface area contributed by atoms with E-state index in [9.17, 15) is 4.39 Å². The van der Waals surface area contributed by atoms with Crippen LogP contribution in [0.25, 0.3) is 16.9 Å². The number of hydrogen-bond acceptors (Lipinski definition) is 2. The number of benzene rings is 1. The van der Waals surface area contributed by atoms with E-state index in [2.05, 4.69) is 23.8 Å². The minimum Gasteiger partial charge on any atom is -0.303 e. The van der Waals surface area contributed by atoms with Crippen LogP contribution in [0, 0.1) is 11.7 Å². The minimum absolute atomic E-state index is 0.236. The molecule has 0 radical (unpaired) electrons. The Balaban J connectivity index is 2.08. The summed E-state index contributed by atoms with van der Waals surface area (Å²) in [5, 5.41) is 0. The Bertz CT molecular complexity index is 729. The summed E-state index contributed by atoms with van der Waals surface area (Å²) in [6.45, 7) is 4.32. The van der Waals surface area contributed by atoms with Crippen molar-refractivity contribution in [1.29, 1.82) is 0 Å². The monoisotopic (exact) mass is 269 g/mol. The largest absolute Gasteiger partial charge is 0.303 e. The molecule has 0 amide bonds. The first kappa shape index (κ1) is 12.8. The highest BCUT2D eigenvalue weighted by Gasteiger charge is 2.10. The molecule has 1 aromatic carbocycles. The number of nitrogens with zero attached hydrogens (tertiary/aromatic N) is 3. The van der Waals surface area contributed by atoms with Crippen LogP contribution in [-0.4, -0.2) is 14.4 Å². The van der Waals surface area contributed by atoms with Gasteiger partial charge in [-0.05, 0) is 36.6 Å². The van der Waals surface area contributed by atoms with Gasteiger partial charge in [0.05, 0.1) is 11.4 Å². The first-order valence-electron chi connectivity index (χ1n) is 6.72. The summed E-state index contributed by atoms with van der Waals surface area (Å²) < 4.78 is 15.0. The Morgan fingerprint density at radius 1 is 1.20 bits per heavy atom. The quantitative estimate of drug-likeness (QED) is 0.725. The maximum absolute atomic E-state index is 13.0. The first-order chi connectivity index (χ1) is 9.63. The predicted octanol–water partition coefficient (Wildman–Crippen LogP) is 3.73. The molecule has 0 atom stereocenters. The summed E-state index contributed by atoms with van der Waals surface area (Å²) in [7, 11) is 0. The second-order valence-corrected chi connectivity index (χ2v) is 5.34. The lowest BCUT2D eigenvalue weighted by Gasteiger charge is -2.04. The van der Waals surface area contributed by atoms with Gasteiger partial charge < -0.3 is 4.40 Å². The van der Waals surface area contributed by atoms with E-state index in [1.807, 2.05) is 16.8 Å². The highest BCUT2D eigenvalue weighted by molar-refractivity contribution is 5.63. The third kappa shape index (κ3) is 2.41. The van der Waals surface area contributed by atoms with Crippen LogP contribution in [0.1, 0.15) is 19.5 Å². The molecule has 2 heterocycles. The van der Waals surface area contributed by atoms with Crippen molar-refractivity contribution in [2.45, 2.75) is 20.3 Å². The molecule has 102 valence electrons. The summed E-state index contributed by atoms with van der Waals surface area (Å²) in [5.41, 5.74) is 3.62. The summed E-state index contributed by atoms with van der Waals surface area (Å²) in [6, 6.07) is 6.39. The summed E-state index contributed by atoms with van der Waals surface area (Å²) in [4.78, 5) is 9.07. The summed E-state index contributed by atoms with van der Waals surface area (Å²) in [6.07, 6.45) is 6.53. The van der Waals surface area contributed by atoms with Crippen molar-refractivity contribution in [2.75, 3.05) is 0 Å². The van der Waals surface area contributed by atoms with Crippen LogP contribution < -0.4 is 0 Å². The second-order valence-electron chi connectivity index (χ2n) is 5.34. The van der Waals surface area contributed by atoms with E-state index < -0.39 is 0 Å². The van der Waals surface area contributed by atoms with Gasteiger partial charge in [0.1, 0.15) is 5.82 Å². The molecule has 20 heavy (non-hydrogen) atoms. The highest BCUT2D eigenvalue weighted by atomic mass is 19.1. The van der Waals surface area contributed by atoms with Crippen LogP contribution >= 0.6 is 0 Å². The molecule has 0 spiro atoms. The molecule has 3 rings (SSSR count). The fraction of sp³-hybridized carbons (Fsp3) is 0.250. The van der Waals surface area contributed by atoms with Crippen molar-refractivity contribution in [3.8, 4) is 11.3 Å². The zero-order chi connectivity index (χ0) is 14.1. The average molecular weight is 269 g/mol. The summed E-state index contributed by atoms with van der Waals surface area (Å²) >= 11 is 0. The number of rotatable bonds is 3. The van der Waals surface area contributed by atoms with Gasteiger partial charge in [-0.25, -0.2) is 9.37 Å². The second kappa shape index (κ2) is 5.04. The van der Waals surface area contributed by atoms with Gasteiger partial charge in [0.15, 0.2) is 5.65 Å². The van der Waals surface area contributed by atoms with E-state index in [4.69, 9.17) is 0 Å². The number of hydrogen-bond donors (Lipinski definition) is 0. The third-order valence-corrected chi connectivity index (χ3v) is 3.19. The number of imidazole rings is 1. The van der Waals surface area contributed by atoms with Crippen LogP contribution in [0.15, 0.2) is 42.9 Å². The Morgan fingerprint density at radius 3 is 2.65 bits per heavy atom. The van der Waals surface area contributed by atoms with Gasteiger partial charge >= 0.3 is 0 Å². The Hall–Kier alpha value is -2.23. The predicted molar refractivity (Wildman–Crippen MR) is 76.9 cm³/mol. The zero-order valence-corrected chi connectivity index (χ0v) is 11.5. The molecule has 0 aliphatic rings. The number of aromatic nitrogens is 3. The fourth-order valence-corrected chi connectivity index (χ4v) is 2.26. The fourth-order valence-electron chi connectivity index (χ4n) is 2.26. The Labute approximate surface area is 117 Å². The lowest BCUT2D eigenvalue weighted by Crippen LogP contribution is -2.00. The van der Waals surface area contributed by atoms with Gasteiger partial charge in [0.25, 0.3) is 0 Å². The van der Waals surface area contributed by atoms with Crippen molar-refractivity contribution in [3.63, 3.8) is 0 Å². The van der Waals surface area contributed by atoms with Crippen LogP contribution in [-0.2, 0) is 6.42 Å². The average Bonchev–Trinajstić information content (AvgIpc) is 2.84. The van der Waals surface area contributed by atoms with Gasteiger partial charge in [-0.1, -0.05) is 13.8 Å². The van der Waals surface area contributed by atoms with E-state index in [1.165, 1.54) is 12.1 Å². The van der Waals surface area contributed by atoms with Gasteiger partial charge in [-0.3, -0.25) is 4.98 Å². The molecule has 2 aromatic heterocycles. The molecule has 0 unspecified atom stereocenters. The third-order valence-electron chi connectivity index (χ3n) is 3.19. The lowest BCUT2D eigenvalue weighted by molar-refractivity contribution is 0.628. The molecule has 0 saturated carbocycles. The molecule has 3 aromatic rings. The maximum atomic E-state index is 13.0. The molecule has 0 fully saturated rings. The van der Waals surface area contributed by atoms with Gasteiger partial charge in [-0.15, -0.1) is 0 Å². The van der Waals surface area contributed by atoms with E-state index in [-0.39, 0.29) is 5.82 Å². The normalized spacial score (nSPS) is 11.4. The standard InChI is InChI=1S/C16H16FN3/c1-11(2)9-14-16-19-15(10-20(16)8-7-18-14)12-3-5-13(17)6-4-12/h3-8,10-11H,9H2,1-2H3. The first-order valence-corrected chi connectivity index (χ1v) is 6.72. The molecule has 0 N–H and O–H groups in total. The SMILES string of the molecule is CC(C)Cc1nccn2cc(-c3ccc(F)cc3)nc12. The van der Waals surface area contributed by atoms with Crippen LogP contribution in [0.5, 0.6) is 0 Å². The minimum atomic E-state index is -0.236. The Morgan fingerprint density at radius 2 is 1.95 bits per heavy atom. The smallest absolute Gasteiger partial charge is 0.159 e. The zero-order valence-electron chi connectivity index (χ0n) is 11.5. The van der Waals surface area contributed by atoms with Crippen molar-refractivity contribution in [3.05, 3.63) is 54.4 Å². The number of fused-ring (bicyclic) bond motifs is 1. The topological polar surface area (TPSA) is 30.2 Å². The van der Waals surface area contributed by atoms with Crippen molar-refractivity contribution < 1.29 is 4.39 Å². The molecule has 0 saturated heterocycles. The molecule has 0 aliphatic carbocycles. The number of halogens is 1. The molecule has 0 aliphatic heterocycles. The van der Waals surface area contributed by atoms with E-state index in [1.54, 1.807) is 18.3 Å². The highest BCUT2D eigenvalue weighted by Crippen LogP contribution is 2.21. The van der Waals surface area contributed by atoms with Crippen LogP contribution in [0.2, 0.25) is 0 Å².